The average Bonchev–Trinajstić information content (AvgIpc) is 2.98. The average molecular weight is 653 g/mol. The van der Waals surface area contributed by atoms with Gasteiger partial charge in [0.15, 0.2) is 0 Å². The molecule has 0 aliphatic rings. The van der Waals surface area contributed by atoms with Crippen molar-refractivity contribution in [2.24, 2.45) is 4.99 Å². The summed E-state index contributed by atoms with van der Waals surface area (Å²) in [4.78, 5) is 21.3. The minimum absolute atomic E-state index is 0. The van der Waals surface area contributed by atoms with Crippen LogP contribution in [0, 0.1) is 0 Å². The summed E-state index contributed by atoms with van der Waals surface area (Å²) >= 11 is 0.573. The van der Waals surface area contributed by atoms with E-state index in [1.54, 1.807) is 48.5 Å². The number of nitrogens with one attached hydrogen (secondary N) is 3. The van der Waals surface area contributed by atoms with E-state index in [0.717, 1.165) is 12.5 Å². The monoisotopic (exact) mass is 652 g/mol. The Morgan fingerprint density at radius 3 is 2.07 bits per heavy atom. The molecule has 0 radical (unpaired) electrons. The summed E-state index contributed by atoms with van der Waals surface area (Å²) in [6.45, 7) is 0. The van der Waals surface area contributed by atoms with Crippen molar-refractivity contribution < 1.29 is 96.3 Å². The van der Waals surface area contributed by atoms with Crippen LogP contribution in [0.1, 0.15) is 11.1 Å². The van der Waals surface area contributed by atoms with Crippen LogP contribution in [0.2, 0.25) is 0 Å². The van der Waals surface area contributed by atoms with Gasteiger partial charge in [0.2, 0.25) is 6.40 Å². The maximum Gasteiger partial charge on any atom is 1.00 e. The minimum Gasteiger partial charge on any atom is -0.744 e. The first-order chi connectivity index (χ1) is 20.3. The number of hydrogen-bond acceptors (Lipinski definition) is 11. The molecule has 0 spiro atoms. The summed E-state index contributed by atoms with van der Waals surface area (Å²) in [5, 5.41) is 19.2. The molecule has 4 aromatic rings. The van der Waals surface area contributed by atoms with Gasteiger partial charge in [-0.2, -0.15) is 4.33 Å². The van der Waals surface area contributed by atoms with Crippen molar-refractivity contribution in [2.75, 3.05) is 16.1 Å². The molecule has 0 atom stereocenters. The van der Waals surface area contributed by atoms with Crippen molar-refractivity contribution in [2.45, 2.75) is 9.79 Å². The zero-order chi connectivity index (χ0) is 29.8. The molecule has 0 fully saturated rings. The van der Waals surface area contributed by atoms with Crippen LogP contribution >= 0.6 is 12.0 Å². The third kappa shape index (κ3) is 12.0. The summed E-state index contributed by atoms with van der Waals surface area (Å²) in [5.41, 5.74) is 5.00. The number of para-hydroxylation sites is 2. The molecule has 16 heteroatoms. The van der Waals surface area contributed by atoms with E-state index >= 15 is 0 Å². The first-order valence-corrected chi connectivity index (χ1v) is 14.1. The molecule has 44 heavy (non-hydrogen) atoms. The van der Waals surface area contributed by atoms with Crippen molar-refractivity contribution in [1.29, 1.82) is 0 Å². The molecule has 0 bridgehead atoms. The molecule has 0 aliphatic heterocycles. The number of anilines is 3. The first kappa shape index (κ1) is 37.5. The molecule has 4 rings (SSSR count). The smallest absolute Gasteiger partial charge is 0.744 e. The fraction of sp³-hybridized carbons (Fsp3) is 0. The zero-order valence-corrected chi connectivity index (χ0v) is 29.1. The van der Waals surface area contributed by atoms with Crippen LogP contribution in [-0.2, 0) is 24.3 Å². The molecular weight excluding hydrogens is 630 g/mol. The Kier molecular flexibility index (Phi) is 16.2. The normalized spacial score (nSPS) is 11.0. The van der Waals surface area contributed by atoms with E-state index in [1.807, 2.05) is 24.3 Å². The topological polar surface area (TPSA) is 173 Å². The molecule has 0 aromatic heterocycles. The van der Waals surface area contributed by atoms with Crippen LogP contribution in [0.4, 0.5) is 27.5 Å². The second-order valence-corrected chi connectivity index (χ2v) is 10.3. The van der Waals surface area contributed by atoms with Crippen molar-refractivity contribution >= 4 is 69.5 Å². The largest absolute Gasteiger partial charge is 1.00 e. The second kappa shape index (κ2) is 19.0. The molecule has 0 saturated carbocycles. The van der Waals surface area contributed by atoms with Crippen molar-refractivity contribution in [3.05, 3.63) is 108 Å². The van der Waals surface area contributed by atoms with E-state index in [-0.39, 0.29) is 70.4 Å². The number of carbonyl (C=O) groups excluding carboxylic acids is 1. The Hall–Kier alpha value is -2.70. The van der Waals surface area contributed by atoms with Crippen LogP contribution in [0.15, 0.2) is 112 Å². The summed E-state index contributed by atoms with van der Waals surface area (Å²) in [7, 11) is -4.88. The Morgan fingerprint density at radius 1 is 0.795 bits per heavy atom. The number of amides is 2. The van der Waals surface area contributed by atoms with Gasteiger partial charge in [-0.05, 0) is 59.7 Å². The van der Waals surface area contributed by atoms with E-state index < -0.39 is 21.0 Å². The Bertz CT molecular complexity index is 1680. The Morgan fingerprint density at radius 2 is 1.41 bits per heavy atom. The summed E-state index contributed by atoms with van der Waals surface area (Å²) in [5.74, 6) is 0. The van der Waals surface area contributed by atoms with Gasteiger partial charge in [-0.25, -0.2) is 23.7 Å². The fourth-order valence-corrected chi connectivity index (χ4v) is 4.71. The molecule has 0 saturated heterocycles. The molecular formula is C28H22N4Na2O8S2. The Balaban J connectivity index is 0.00000337. The van der Waals surface area contributed by atoms with E-state index in [0.29, 0.717) is 39.6 Å². The number of benzene rings is 4. The molecule has 216 valence electrons. The van der Waals surface area contributed by atoms with Crippen LogP contribution in [0.5, 0.6) is 0 Å². The third-order valence-corrected chi connectivity index (χ3v) is 6.92. The van der Waals surface area contributed by atoms with Gasteiger partial charge in [-0.1, -0.05) is 60.7 Å². The van der Waals surface area contributed by atoms with Gasteiger partial charge in [0.05, 0.1) is 28.3 Å². The van der Waals surface area contributed by atoms with Gasteiger partial charge < -0.3 is 25.3 Å². The van der Waals surface area contributed by atoms with E-state index in [1.165, 1.54) is 30.4 Å². The number of urea groups is 1. The number of nitrogens with zero attached hydrogens (tertiary/aromatic N) is 1. The zero-order valence-electron chi connectivity index (χ0n) is 23.5. The van der Waals surface area contributed by atoms with Gasteiger partial charge >= 0.3 is 65.1 Å². The van der Waals surface area contributed by atoms with E-state index in [4.69, 9.17) is 4.84 Å². The number of aliphatic imine (C=N–C) groups is 1. The molecule has 12 nitrogen and oxygen atoms in total. The van der Waals surface area contributed by atoms with Gasteiger partial charge in [-0.3, -0.25) is 5.04 Å². The molecule has 3 N–H and O–H groups in total. The van der Waals surface area contributed by atoms with E-state index in [2.05, 4.69) is 30.5 Å². The molecule has 0 aliphatic carbocycles. The van der Waals surface area contributed by atoms with Crippen LogP contribution in [-0.4, -0.2) is 25.4 Å². The van der Waals surface area contributed by atoms with Crippen LogP contribution in [0.25, 0.3) is 12.2 Å². The summed E-state index contributed by atoms with van der Waals surface area (Å²) in [6, 6.07) is 26.0. The minimum atomic E-state index is -4.88. The number of rotatable bonds is 12. The SMILES string of the molecule is O=C(Nc1ccccc1)Nc1ccc(C=Cc2ccc(N=CONc3ccccc3)cc2S(=O)(=O)[O-])c(SOO[O-])c1.[Na+].[Na+]. The molecule has 4 aromatic carbocycles. The second-order valence-electron chi connectivity index (χ2n) is 8.25. The van der Waals surface area contributed by atoms with Crippen LogP contribution < -0.4 is 80.5 Å². The molecule has 0 unspecified atom stereocenters. The number of carbonyl (C=O) groups is 1. The molecule has 2 amide bonds. The molecule has 0 heterocycles. The summed E-state index contributed by atoms with van der Waals surface area (Å²) in [6.07, 6.45) is 3.97. The standard InChI is InChI=1S/C28H24N4O8S2.2Na/c33-28(30-22-7-3-1-4-8-22)31-25-16-13-20(26(17-25)41-40-39-34)11-12-21-14-15-24(18-27(21)42(35,36)37)29-19-38-32-23-9-5-2-6-10-23;;/h1-19,32,34H,(H2,30,31,33)(H,35,36,37);;/q;2*+1/p-2. The van der Waals surface area contributed by atoms with Gasteiger partial charge in [-0.15, -0.1) is 0 Å². The van der Waals surface area contributed by atoms with Gasteiger partial charge in [0.1, 0.15) is 10.1 Å². The predicted molar refractivity (Wildman–Crippen MR) is 156 cm³/mol. The Labute approximate surface area is 302 Å². The van der Waals surface area contributed by atoms with Gasteiger partial charge in [0.25, 0.3) is 0 Å². The van der Waals surface area contributed by atoms with E-state index in [9.17, 15) is 23.0 Å². The van der Waals surface area contributed by atoms with Crippen molar-refractivity contribution in [1.82, 2.24) is 0 Å². The first-order valence-electron chi connectivity index (χ1n) is 12.0. The van der Waals surface area contributed by atoms with Crippen LogP contribution in [0.3, 0.4) is 0 Å². The van der Waals surface area contributed by atoms with Gasteiger partial charge in [0, 0.05) is 16.3 Å². The van der Waals surface area contributed by atoms with Crippen molar-refractivity contribution in [3.8, 4) is 0 Å². The maximum absolute atomic E-state index is 12.4. The quantitative estimate of drug-likeness (QED) is 0.0261. The third-order valence-electron chi connectivity index (χ3n) is 5.37. The summed E-state index contributed by atoms with van der Waals surface area (Å²) < 4.78 is 40.5. The predicted octanol–water partition coefficient (Wildman–Crippen LogP) is -0.653. The van der Waals surface area contributed by atoms with Crippen molar-refractivity contribution in [3.63, 3.8) is 0 Å². The maximum atomic E-state index is 12.4. The number of hydrogen-bond donors (Lipinski definition) is 3. The fourth-order valence-electron chi connectivity index (χ4n) is 3.51.